The molecule has 0 bridgehead atoms. The summed E-state index contributed by atoms with van der Waals surface area (Å²) in [5.41, 5.74) is 0.846. The molecule has 0 unspecified atom stereocenters. The van der Waals surface area contributed by atoms with Crippen LogP contribution in [0.25, 0.3) is 0 Å². The molecular formula is C24H27NO7S. The molecule has 1 heterocycles. The number of esters is 1. The normalized spacial score (nSPS) is 16.7. The summed E-state index contributed by atoms with van der Waals surface area (Å²) in [4.78, 5) is 35.9. The molecule has 1 aliphatic heterocycles. The van der Waals surface area contributed by atoms with Crippen LogP contribution in [0, 0.1) is 0 Å². The van der Waals surface area contributed by atoms with Gasteiger partial charge in [0.05, 0.1) is 10.5 Å². The number of hydrogen-bond donors (Lipinski definition) is 0. The number of ketones is 2. The van der Waals surface area contributed by atoms with Crippen LogP contribution in [-0.2, 0) is 19.6 Å². The Morgan fingerprint density at radius 2 is 1.64 bits per heavy atom. The molecule has 1 aliphatic rings. The summed E-state index contributed by atoms with van der Waals surface area (Å²) in [7, 11) is -3.93. The minimum absolute atomic E-state index is 0.0244. The van der Waals surface area contributed by atoms with Gasteiger partial charge in [0.25, 0.3) is 0 Å². The highest BCUT2D eigenvalue weighted by atomic mass is 32.2. The van der Waals surface area contributed by atoms with E-state index in [1.807, 2.05) is 0 Å². The lowest BCUT2D eigenvalue weighted by Crippen LogP contribution is -2.48. The first-order valence-electron chi connectivity index (χ1n) is 10.7. The molecule has 176 valence electrons. The number of nitrogens with zero attached hydrogens (tertiary/aromatic N) is 1. The van der Waals surface area contributed by atoms with E-state index in [-0.39, 0.29) is 36.2 Å². The summed E-state index contributed by atoms with van der Waals surface area (Å²) >= 11 is 0. The van der Waals surface area contributed by atoms with E-state index in [0.717, 1.165) is 0 Å². The number of Topliss-reactive ketones (excluding diaryl/α,β-unsaturated/α-hetero) is 2. The third kappa shape index (κ3) is 5.85. The van der Waals surface area contributed by atoms with Gasteiger partial charge in [-0.1, -0.05) is 24.3 Å². The van der Waals surface area contributed by atoms with Crippen LogP contribution >= 0.6 is 0 Å². The Labute approximate surface area is 193 Å². The van der Waals surface area contributed by atoms with E-state index in [1.165, 1.54) is 42.4 Å². The van der Waals surface area contributed by atoms with Crippen molar-refractivity contribution in [1.29, 1.82) is 0 Å². The number of carbonyl (C=O) groups is 3. The van der Waals surface area contributed by atoms with E-state index in [0.29, 0.717) is 36.1 Å². The van der Waals surface area contributed by atoms with Crippen LogP contribution in [0.5, 0.6) is 5.75 Å². The summed E-state index contributed by atoms with van der Waals surface area (Å²) in [6.45, 7) is 3.00. The number of sulfonamides is 1. The first kappa shape index (κ1) is 24.6. The third-order valence-corrected chi connectivity index (χ3v) is 7.37. The maximum atomic E-state index is 13.2. The Morgan fingerprint density at radius 3 is 2.30 bits per heavy atom. The summed E-state index contributed by atoms with van der Waals surface area (Å²) < 4.78 is 38.4. The van der Waals surface area contributed by atoms with Crippen LogP contribution in [0.15, 0.2) is 53.4 Å². The maximum absolute atomic E-state index is 13.2. The zero-order valence-corrected chi connectivity index (χ0v) is 19.5. The predicted octanol–water partition coefficient (Wildman–Crippen LogP) is 3.26. The maximum Gasteiger partial charge on any atom is 0.324 e. The van der Waals surface area contributed by atoms with Crippen LogP contribution in [0.4, 0.5) is 0 Å². The number of benzene rings is 2. The van der Waals surface area contributed by atoms with Gasteiger partial charge >= 0.3 is 5.97 Å². The van der Waals surface area contributed by atoms with E-state index in [2.05, 4.69) is 0 Å². The van der Waals surface area contributed by atoms with Gasteiger partial charge in [-0.2, -0.15) is 4.31 Å². The van der Waals surface area contributed by atoms with E-state index in [4.69, 9.17) is 9.47 Å². The monoisotopic (exact) mass is 473 g/mol. The van der Waals surface area contributed by atoms with E-state index in [9.17, 15) is 22.8 Å². The minimum Gasteiger partial charge on any atom is -0.489 e. The molecule has 0 aromatic heterocycles. The fourth-order valence-corrected chi connectivity index (χ4v) is 5.35. The highest BCUT2D eigenvalue weighted by Gasteiger charge is 2.38. The van der Waals surface area contributed by atoms with Crippen LogP contribution in [0.2, 0.25) is 0 Å². The molecule has 0 saturated carbocycles. The number of para-hydroxylation sites is 1. The molecule has 0 aliphatic carbocycles. The average Bonchev–Trinajstić information content (AvgIpc) is 2.82. The number of carbonyl (C=O) groups excluding carboxylic acids is 3. The second-order valence-electron chi connectivity index (χ2n) is 7.78. The minimum atomic E-state index is -3.93. The van der Waals surface area contributed by atoms with E-state index < -0.39 is 22.0 Å². The summed E-state index contributed by atoms with van der Waals surface area (Å²) in [5, 5.41) is 0. The summed E-state index contributed by atoms with van der Waals surface area (Å²) in [6, 6.07) is 11.5. The van der Waals surface area contributed by atoms with Crippen molar-refractivity contribution in [2.24, 2.45) is 0 Å². The van der Waals surface area contributed by atoms with Crippen LogP contribution < -0.4 is 4.74 Å². The van der Waals surface area contributed by atoms with Crippen molar-refractivity contribution >= 4 is 27.6 Å². The largest absolute Gasteiger partial charge is 0.489 e. The van der Waals surface area contributed by atoms with Crippen molar-refractivity contribution in [3.05, 3.63) is 59.7 Å². The molecule has 1 fully saturated rings. The summed E-state index contributed by atoms with van der Waals surface area (Å²) in [6.07, 6.45) is 1.70. The number of hydrogen-bond acceptors (Lipinski definition) is 7. The Morgan fingerprint density at radius 1 is 0.939 bits per heavy atom. The fraction of sp³-hybridized carbons (Fsp3) is 0.375. The second-order valence-corrected chi connectivity index (χ2v) is 9.67. The zero-order chi connectivity index (χ0) is 24.0. The van der Waals surface area contributed by atoms with Gasteiger partial charge in [-0.05, 0) is 57.4 Å². The van der Waals surface area contributed by atoms with Gasteiger partial charge in [0, 0.05) is 12.1 Å². The first-order chi connectivity index (χ1) is 15.7. The van der Waals surface area contributed by atoms with Crippen LogP contribution in [-0.4, -0.2) is 56.1 Å². The Balaban J connectivity index is 1.64. The standard InChI is InChI=1S/C24H27NO7S/c1-17(26)19-10-12-20(13-11-19)33(29,30)25-14-6-5-8-22(25)24(28)32-16-15-31-23-9-4-3-7-21(23)18(2)27/h3-4,7,9-13,22H,5-6,8,14-16H2,1-2H3/t22-/m1/s1. The number of piperidine rings is 1. The predicted molar refractivity (Wildman–Crippen MR) is 121 cm³/mol. The van der Waals surface area contributed by atoms with Crippen molar-refractivity contribution in [2.45, 2.75) is 44.0 Å². The Hall–Kier alpha value is -3.04. The third-order valence-electron chi connectivity index (χ3n) is 5.44. The lowest BCUT2D eigenvalue weighted by Gasteiger charge is -2.33. The number of ether oxygens (including phenoxy) is 2. The molecule has 3 rings (SSSR count). The fourth-order valence-electron chi connectivity index (χ4n) is 3.70. The first-order valence-corrected chi connectivity index (χ1v) is 12.2. The molecule has 0 spiro atoms. The van der Waals surface area contributed by atoms with Crippen molar-refractivity contribution < 1.29 is 32.3 Å². The van der Waals surface area contributed by atoms with Gasteiger partial charge in [0.2, 0.25) is 10.0 Å². The lowest BCUT2D eigenvalue weighted by atomic mass is 10.1. The molecule has 2 aromatic carbocycles. The second kappa shape index (κ2) is 10.7. The molecule has 0 radical (unpaired) electrons. The Bertz CT molecular complexity index is 1130. The topological polar surface area (TPSA) is 107 Å². The van der Waals surface area contributed by atoms with Crippen molar-refractivity contribution in [3.8, 4) is 5.75 Å². The highest BCUT2D eigenvalue weighted by Crippen LogP contribution is 2.26. The van der Waals surface area contributed by atoms with Crippen molar-refractivity contribution in [3.63, 3.8) is 0 Å². The molecule has 1 saturated heterocycles. The molecule has 8 nitrogen and oxygen atoms in total. The summed E-state index contributed by atoms with van der Waals surface area (Å²) in [5.74, 6) is -0.535. The van der Waals surface area contributed by atoms with Gasteiger partial charge in [-0.3, -0.25) is 14.4 Å². The molecular weight excluding hydrogens is 446 g/mol. The molecule has 2 aromatic rings. The van der Waals surface area contributed by atoms with E-state index in [1.54, 1.807) is 24.3 Å². The van der Waals surface area contributed by atoms with Crippen LogP contribution in [0.3, 0.4) is 0 Å². The average molecular weight is 474 g/mol. The Kier molecular flexibility index (Phi) is 7.99. The molecule has 0 amide bonds. The van der Waals surface area contributed by atoms with Gasteiger partial charge in [-0.25, -0.2) is 8.42 Å². The van der Waals surface area contributed by atoms with Crippen molar-refractivity contribution in [1.82, 2.24) is 4.31 Å². The molecule has 0 N–H and O–H groups in total. The number of rotatable bonds is 9. The lowest BCUT2D eigenvalue weighted by molar-refractivity contribution is -0.149. The SMILES string of the molecule is CC(=O)c1ccc(S(=O)(=O)N2CCCC[C@@H]2C(=O)OCCOc2ccccc2C(C)=O)cc1. The van der Waals surface area contributed by atoms with Crippen molar-refractivity contribution in [2.75, 3.05) is 19.8 Å². The molecule has 33 heavy (non-hydrogen) atoms. The van der Waals surface area contributed by atoms with Gasteiger partial charge in [-0.15, -0.1) is 0 Å². The highest BCUT2D eigenvalue weighted by molar-refractivity contribution is 7.89. The van der Waals surface area contributed by atoms with Gasteiger partial charge < -0.3 is 9.47 Å². The zero-order valence-electron chi connectivity index (χ0n) is 18.7. The smallest absolute Gasteiger partial charge is 0.324 e. The van der Waals surface area contributed by atoms with Gasteiger partial charge in [0.1, 0.15) is 25.0 Å². The molecule has 9 heteroatoms. The molecule has 1 atom stereocenters. The quantitative estimate of drug-likeness (QED) is 0.313. The van der Waals surface area contributed by atoms with Crippen LogP contribution in [0.1, 0.15) is 53.8 Å². The van der Waals surface area contributed by atoms with Gasteiger partial charge in [0.15, 0.2) is 11.6 Å². The van der Waals surface area contributed by atoms with E-state index >= 15 is 0 Å².